The van der Waals surface area contributed by atoms with Crippen LogP contribution in [0.5, 0.6) is 0 Å². The molecule has 0 saturated carbocycles. The molecular formula is C12H25N. The van der Waals surface area contributed by atoms with Crippen LogP contribution >= 0.6 is 0 Å². The van der Waals surface area contributed by atoms with E-state index in [9.17, 15) is 0 Å². The molecule has 0 unspecified atom stereocenters. The fourth-order valence-corrected chi connectivity index (χ4v) is 1.29. The zero-order valence-electron chi connectivity index (χ0n) is 9.31. The van der Waals surface area contributed by atoms with E-state index < -0.39 is 0 Å². The van der Waals surface area contributed by atoms with Gasteiger partial charge in [-0.15, -0.1) is 0 Å². The van der Waals surface area contributed by atoms with Gasteiger partial charge in [0.2, 0.25) is 0 Å². The summed E-state index contributed by atoms with van der Waals surface area (Å²) in [5, 5.41) is 3.30. The van der Waals surface area contributed by atoms with Crippen molar-refractivity contribution in [1.82, 2.24) is 5.32 Å². The maximum atomic E-state index is 3.30. The molecule has 0 rings (SSSR count). The van der Waals surface area contributed by atoms with E-state index in [1.165, 1.54) is 38.5 Å². The second-order valence-electron chi connectivity index (χ2n) is 3.53. The molecule has 1 nitrogen and oxygen atoms in total. The normalized spacial score (nSPS) is 10.9. The number of hydrogen-bond acceptors (Lipinski definition) is 1. The molecule has 0 aliphatic heterocycles. The molecule has 0 aliphatic carbocycles. The van der Waals surface area contributed by atoms with Crippen LogP contribution in [0.2, 0.25) is 0 Å². The summed E-state index contributed by atoms with van der Waals surface area (Å²) in [5.74, 6) is 0. The van der Waals surface area contributed by atoms with Crippen LogP contribution < -0.4 is 5.32 Å². The highest BCUT2D eigenvalue weighted by Gasteiger charge is 1.87. The van der Waals surface area contributed by atoms with Gasteiger partial charge in [0.1, 0.15) is 0 Å². The summed E-state index contributed by atoms with van der Waals surface area (Å²) in [7, 11) is 0. The van der Waals surface area contributed by atoms with Crippen molar-refractivity contribution in [2.45, 2.75) is 58.8 Å². The topological polar surface area (TPSA) is 12.0 Å². The van der Waals surface area contributed by atoms with Gasteiger partial charge in [-0.1, -0.05) is 52.0 Å². The summed E-state index contributed by atoms with van der Waals surface area (Å²) >= 11 is 0. The van der Waals surface area contributed by atoms with E-state index in [2.05, 4.69) is 31.4 Å². The lowest BCUT2D eigenvalue weighted by atomic mass is 10.1. The number of unbranched alkanes of at least 4 members (excludes halogenated alkanes) is 5. The van der Waals surface area contributed by atoms with Crippen molar-refractivity contribution in [3.05, 3.63) is 12.3 Å². The van der Waals surface area contributed by atoms with Crippen molar-refractivity contribution in [2.75, 3.05) is 6.54 Å². The third kappa shape index (κ3) is 11.5. The molecule has 0 radical (unpaired) electrons. The van der Waals surface area contributed by atoms with Crippen molar-refractivity contribution in [3.8, 4) is 0 Å². The summed E-state index contributed by atoms with van der Waals surface area (Å²) < 4.78 is 0. The first-order valence-electron chi connectivity index (χ1n) is 5.80. The number of allylic oxidation sites excluding steroid dienone is 1. The lowest BCUT2D eigenvalue weighted by molar-refractivity contribution is 0.598. The standard InChI is InChI=1S/C12H25N/c1-3-5-7-8-9-10-12-13-11-6-4-2/h6,11,13H,3-5,7-10,12H2,1-2H3/b11-6-. The highest BCUT2D eigenvalue weighted by molar-refractivity contribution is 4.77. The summed E-state index contributed by atoms with van der Waals surface area (Å²) in [5.41, 5.74) is 0. The molecule has 0 aromatic carbocycles. The van der Waals surface area contributed by atoms with Gasteiger partial charge in [0.05, 0.1) is 0 Å². The monoisotopic (exact) mass is 183 g/mol. The van der Waals surface area contributed by atoms with Crippen LogP contribution in [0.15, 0.2) is 12.3 Å². The van der Waals surface area contributed by atoms with Crippen LogP contribution in [0, 0.1) is 0 Å². The molecule has 0 saturated heterocycles. The Morgan fingerprint density at radius 3 is 2.31 bits per heavy atom. The van der Waals surface area contributed by atoms with Crippen LogP contribution in [0.25, 0.3) is 0 Å². The third-order valence-corrected chi connectivity index (χ3v) is 2.15. The van der Waals surface area contributed by atoms with Gasteiger partial charge in [0, 0.05) is 6.54 Å². The maximum absolute atomic E-state index is 3.30. The molecule has 1 heteroatoms. The van der Waals surface area contributed by atoms with Gasteiger partial charge in [-0.05, 0) is 19.0 Å². The molecule has 0 atom stereocenters. The molecule has 0 bridgehead atoms. The minimum atomic E-state index is 1.13. The number of hydrogen-bond donors (Lipinski definition) is 1. The Morgan fingerprint density at radius 2 is 1.62 bits per heavy atom. The summed E-state index contributed by atoms with van der Waals surface area (Å²) in [4.78, 5) is 0. The highest BCUT2D eigenvalue weighted by Crippen LogP contribution is 2.03. The van der Waals surface area contributed by atoms with E-state index in [1.807, 2.05) is 0 Å². The van der Waals surface area contributed by atoms with Crippen LogP contribution in [0.1, 0.15) is 58.8 Å². The molecule has 1 N–H and O–H groups in total. The SMILES string of the molecule is CC/C=C\NCCCCCCCC. The molecular weight excluding hydrogens is 158 g/mol. The Bertz CT molecular complexity index is 108. The van der Waals surface area contributed by atoms with Gasteiger partial charge in [0.25, 0.3) is 0 Å². The largest absolute Gasteiger partial charge is 0.391 e. The van der Waals surface area contributed by atoms with Crippen molar-refractivity contribution in [3.63, 3.8) is 0 Å². The molecule has 78 valence electrons. The first-order valence-corrected chi connectivity index (χ1v) is 5.80. The first-order chi connectivity index (χ1) is 6.41. The molecule has 0 aromatic heterocycles. The van der Waals surface area contributed by atoms with Gasteiger partial charge >= 0.3 is 0 Å². The van der Waals surface area contributed by atoms with E-state index in [1.54, 1.807) is 0 Å². The fraction of sp³-hybridized carbons (Fsp3) is 0.833. The Hall–Kier alpha value is -0.460. The second kappa shape index (κ2) is 11.5. The van der Waals surface area contributed by atoms with Gasteiger partial charge in [-0.2, -0.15) is 0 Å². The van der Waals surface area contributed by atoms with Crippen molar-refractivity contribution in [1.29, 1.82) is 0 Å². The van der Waals surface area contributed by atoms with Crippen LogP contribution in [-0.4, -0.2) is 6.54 Å². The molecule has 0 fully saturated rings. The molecule has 0 spiro atoms. The minimum Gasteiger partial charge on any atom is -0.391 e. The van der Waals surface area contributed by atoms with E-state index >= 15 is 0 Å². The summed E-state index contributed by atoms with van der Waals surface area (Å²) in [6.07, 6.45) is 13.6. The zero-order valence-corrected chi connectivity index (χ0v) is 9.31. The Labute approximate surface area is 83.6 Å². The molecule has 0 aromatic rings. The average Bonchev–Trinajstić information content (AvgIpc) is 2.16. The van der Waals surface area contributed by atoms with Gasteiger partial charge in [0.15, 0.2) is 0 Å². The maximum Gasteiger partial charge on any atom is 0.0141 e. The number of nitrogens with one attached hydrogen (secondary N) is 1. The molecule has 0 heterocycles. The van der Waals surface area contributed by atoms with E-state index in [-0.39, 0.29) is 0 Å². The van der Waals surface area contributed by atoms with Gasteiger partial charge < -0.3 is 5.32 Å². The van der Waals surface area contributed by atoms with Crippen molar-refractivity contribution < 1.29 is 0 Å². The Kier molecular flexibility index (Phi) is 11.1. The van der Waals surface area contributed by atoms with Crippen molar-refractivity contribution in [2.24, 2.45) is 0 Å². The highest BCUT2D eigenvalue weighted by atomic mass is 14.8. The van der Waals surface area contributed by atoms with Gasteiger partial charge in [-0.25, -0.2) is 0 Å². The number of rotatable bonds is 9. The second-order valence-corrected chi connectivity index (χ2v) is 3.53. The Balaban J connectivity index is 2.87. The smallest absolute Gasteiger partial charge is 0.0141 e. The van der Waals surface area contributed by atoms with Crippen LogP contribution in [-0.2, 0) is 0 Å². The summed E-state index contributed by atoms with van der Waals surface area (Å²) in [6, 6.07) is 0. The zero-order chi connectivity index (χ0) is 9.78. The minimum absolute atomic E-state index is 1.13. The Morgan fingerprint density at radius 1 is 0.923 bits per heavy atom. The lowest BCUT2D eigenvalue weighted by Gasteiger charge is -2.00. The van der Waals surface area contributed by atoms with Crippen LogP contribution in [0.3, 0.4) is 0 Å². The average molecular weight is 183 g/mol. The predicted molar refractivity (Wildman–Crippen MR) is 60.8 cm³/mol. The fourth-order valence-electron chi connectivity index (χ4n) is 1.29. The van der Waals surface area contributed by atoms with E-state index in [0.29, 0.717) is 0 Å². The quantitative estimate of drug-likeness (QED) is 0.535. The van der Waals surface area contributed by atoms with Gasteiger partial charge in [-0.3, -0.25) is 0 Å². The molecule has 13 heavy (non-hydrogen) atoms. The van der Waals surface area contributed by atoms with E-state index in [0.717, 1.165) is 13.0 Å². The lowest BCUT2D eigenvalue weighted by Crippen LogP contribution is -2.06. The van der Waals surface area contributed by atoms with Crippen LogP contribution in [0.4, 0.5) is 0 Å². The predicted octanol–water partition coefficient (Wildman–Crippen LogP) is 3.86. The van der Waals surface area contributed by atoms with E-state index in [4.69, 9.17) is 0 Å². The first kappa shape index (κ1) is 12.5. The molecule has 0 amide bonds. The molecule has 0 aliphatic rings. The summed E-state index contributed by atoms with van der Waals surface area (Å²) in [6.45, 7) is 5.56. The van der Waals surface area contributed by atoms with Crippen molar-refractivity contribution >= 4 is 0 Å². The third-order valence-electron chi connectivity index (χ3n) is 2.15.